The zero-order chi connectivity index (χ0) is 13.8. The average molecular weight is 264 g/mol. The van der Waals surface area contributed by atoms with E-state index in [4.69, 9.17) is 5.73 Å². The van der Waals surface area contributed by atoms with Crippen LogP contribution in [0.1, 0.15) is 16.1 Å². The van der Waals surface area contributed by atoms with Crippen molar-refractivity contribution in [1.82, 2.24) is 10.2 Å². The standard InChI is InChI=1S/C12H10F2N4O/c13-8-2-1-7(5-9(8)14)6-16-11-4-3-10(12(15)19)17-18-11/h1-5H,6H2,(H2,15,19)(H,16,18). The van der Waals surface area contributed by atoms with Crippen LogP contribution in [0.4, 0.5) is 14.6 Å². The van der Waals surface area contributed by atoms with E-state index in [1.54, 1.807) is 0 Å². The molecule has 1 aromatic heterocycles. The van der Waals surface area contributed by atoms with Crippen molar-refractivity contribution in [2.24, 2.45) is 5.73 Å². The maximum Gasteiger partial charge on any atom is 0.269 e. The van der Waals surface area contributed by atoms with Crippen LogP contribution in [0, 0.1) is 11.6 Å². The lowest BCUT2D eigenvalue weighted by Crippen LogP contribution is -2.14. The van der Waals surface area contributed by atoms with Gasteiger partial charge in [0.1, 0.15) is 5.82 Å². The summed E-state index contributed by atoms with van der Waals surface area (Å²) in [5, 5.41) is 10.2. The topological polar surface area (TPSA) is 80.9 Å². The molecule has 19 heavy (non-hydrogen) atoms. The van der Waals surface area contributed by atoms with Gasteiger partial charge in [-0.15, -0.1) is 10.2 Å². The van der Waals surface area contributed by atoms with Crippen LogP contribution < -0.4 is 11.1 Å². The van der Waals surface area contributed by atoms with Gasteiger partial charge in [0.05, 0.1) is 0 Å². The van der Waals surface area contributed by atoms with Gasteiger partial charge in [0.2, 0.25) is 0 Å². The summed E-state index contributed by atoms with van der Waals surface area (Å²) in [4.78, 5) is 10.8. The van der Waals surface area contributed by atoms with Crippen molar-refractivity contribution in [3.63, 3.8) is 0 Å². The molecular weight excluding hydrogens is 254 g/mol. The zero-order valence-corrected chi connectivity index (χ0v) is 9.73. The minimum absolute atomic E-state index is 0.0541. The molecule has 3 N–H and O–H groups in total. The minimum Gasteiger partial charge on any atom is -0.365 e. The largest absolute Gasteiger partial charge is 0.365 e. The van der Waals surface area contributed by atoms with Crippen LogP contribution in [0.25, 0.3) is 0 Å². The summed E-state index contributed by atoms with van der Waals surface area (Å²) in [5.74, 6) is -2.07. The molecule has 0 saturated heterocycles. The molecule has 0 atom stereocenters. The Morgan fingerprint density at radius 2 is 1.95 bits per heavy atom. The molecule has 98 valence electrons. The fourth-order valence-electron chi connectivity index (χ4n) is 1.40. The number of anilines is 1. The van der Waals surface area contributed by atoms with Crippen LogP contribution in [0.3, 0.4) is 0 Å². The lowest BCUT2D eigenvalue weighted by atomic mass is 10.2. The highest BCUT2D eigenvalue weighted by Gasteiger charge is 2.04. The summed E-state index contributed by atoms with van der Waals surface area (Å²) in [6.45, 7) is 0.252. The van der Waals surface area contributed by atoms with E-state index in [1.165, 1.54) is 18.2 Å². The molecule has 0 spiro atoms. The van der Waals surface area contributed by atoms with Crippen molar-refractivity contribution in [1.29, 1.82) is 0 Å². The number of nitrogens with zero attached hydrogens (tertiary/aromatic N) is 2. The van der Waals surface area contributed by atoms with E-state index in [0.717, 1.165) is 12.1 Å². The Labute approximate surface area is 107 Å². The first-order valence-electron chi connectivity index (χ1n) is 5.37. The number of primary amides is 1. The Kier molecular flexibility index (Phi) is 3.65. The lowest BCUT2D eigenvalue weighted by molar-refractivity contribution is 0.0994. The molecule has 0 aliphatic carbocycles. The van der Waals surface area contributed by atoms with Crippen LogP contribution in [0.15, 0.2) is 30.3 Å². The van der Waals surface area contributed by atoms with Gasteiger partial charge in [-0.2, -0.15) is 0 Å². The summed E-state index contributed by atoms with van der Waals surface area (Å²) >= 11 is 0. The minimum atomic E-state index is -0.908. The van der Waals surface area contributed by atoms with E-state index in [0.29, 0.717) is 11.4 Å². The third-order valence-electron chi connectivity index (χ3n) is 2.37. The molecule has 1 heterocycles. The highest BCUT2D eigenvalue weighted by Crippen LogP contribution is 2.10. The first-order chi connectivity index (χ1) is 9.06. The van der Waals surface area contributed by atoms with E-state index in [-0.39, 0.29) is 12.2 Å². The van der Waals surface area contributed by atoms with Crippen LogP contribution in [0.5, 0.6) is 0 Å². The second-order valence-electron chi connectivity index (χ2n) is 3.77. The summed E-state index contributed by atoms with van der Waals surface area (Å²) in [6, 6.07) is 6.54. The molecule has 0 bridgehead atoms. The third kappa shape index (κ3) is 3.21. The van der Waals surface area contributed by atoms with Crippen LogP contribution in [-0.2, 0) is 6.54 Å². The maximum absolute atomic E-state index is 13.0. The van der Waals surface area contributed by atoms with E-state index >= 15 is 0 Å². The summed E-state index contributed by atoms with van der Waals surface area (Å²) in [7, 11) is 0. The van der Waals surface area contributed by atoms with Crippen molar-refractivity contribution in [2.75, 3.05) is 5.32 Å². The number of hydrogen-bond acceptors (Lipinski definition) is 4. The zero-order valence-electron chi connectivity index (χ0n) is 9.73. The first-order valence-corrected chi connectivity index (χ1v) is 5.37. The second-order valence-corrected chi connectivity index (χ2v) is 3.77. The molecule has 0 fully saturated rings. The van der Waals surface area contributed by atoms with Gasteiger partial charge < -0.3 is 11.1 Å². The molecule has 1 amide bonds. The average Bonchev–Trinajstić information content (AvgIpc) is 2.40. The quantitative estimate of drug-likeness (QED) is 0.876. The number of amides is 1. The van der Waals surface area contributed by atoms with Gasteiger partial charge >= 0.3 is 0 Å². The Bertz CT molecular complexity index is 601. The van der Waals surface area contributed by atoms with Gasteiger partial charge in [-0.3, -0.25) is 4.79 Å². The molecule has 0 saturated carbocycles. The van der Waals surface area contributed by atoms with Crippen LogP contribution >= 0.6 is 0 Å². The van der Waals surface area contributed by atoms with Crippen molar-refractivity contribution in [3.8, 4) is 0 Å². The molecule has 0 aliphatic rings. The number of carbonyl (C=O) groups is 1. The number of rotatable bonds is 4. The number of halogens is 2. The number of nitrogens with one attached hydrogen (secondary N) is 1. The van der Waals surface area contributed by atoms with E-state index in [9.17, 15) is 13.6 Å². The molecule has 0 radical (unpaired) electrons. The highest BCUT2D eigenvalue weighted by molar-refractivity contribution is 5.90. The lowest BCUT2D eigenvalue weighted by Gasteiger charge is -2.05. The second kappa shape index (κ2) is 5.38. The number of carbonyl (C=O) groups excluding carboxylic acids is 1. The van der Waals surface area contributed by atoms with Crippen molar-refractivity contribution >= 4 is 11.7 Å². The predicted molar refractivity (Wildman–Crippen MR) is 64.2 cm³/mol. The van der Waals surface area contributed by atoms with Crippen molar-refractivity contribution in [2.45, 2.75) is 6.54 Å². The Morgan fingerprint density at radius 1 is 1.16 bits per heavy atom. The van der Waals surface area contributed by atoms with Gasteiger partial charge in [-0.05, 0) is 29.8 Å². The predicted octanol–water partition coefficient (Wildman–Crippen LogP) is 1.47. The van der Waals surface area contributed by atoms with Crippen molar-refractivity contribution in [3.05, 3.63) is 53.2 Å². The molecule has 0 aliphatic heterocycles. The number of hydrogen-bond donors (Lipinski definition) is 2. The molecule has 7 heteroatoms. The number of aromatic nitrogens is 2. The molecule has 0 unspecified atom stereocenters. The Morgan fingerprint density at radius 3 is 2.53 bits per heavy atom. The fourth-order valence-corrected chi connectivity index (χ4v) is 1.40. The SMILES string of the molecule is NC(=O)c1ccc(NCc2ccc(F)c(F)c2)nn1. The molecular formula is C12H10F2N4O. The smallest absolute Gasteiger partial charge is 0.269 e. The summed E-state index contributed by atoms with van der Waals surface area (Å²) in [5.41, 5.74) is 5.63. The number of benzene rings is 1. The van der Waals surface area contributed by atoms with E-state index in [2.05, 4.69) is 15.5 Å². The normalized spacial score (nSPS) is 10.2. The summed E-state index contributed by atoms with van der Waals surface area (Å²) in [6.07, 6.45) is 0. The maximum atomic E-state index is 13.0. The summed E-state index contributed by atoms with van der Waals surface area (Å²) < 4.78 is 25.7. The number of nitrogens with two attached hydrogens (primary N) is 1. The van der Waals surface area contributed by atoms with E-state index < -0.39 is 17.5 Å². The van der Waals surface area contributed by atoms with Crippen molar-refractivity contribution < 1.29 is 13.6 Å². The molecule has 1 aromatic carbocycles. The fraction of sp³-hybridized carbons (Fsp3) is 0.0833. The van der Waals surface area contributed by atoms with Gasteiger partial charge in [-0.25, -0.2) is 8.78 Å². The molecule has 2 rings (SSSR count). The van der Waals surface area contributed by atoms with E-state index in [1.807, 2.05) is 0 Å². The highest BCUT2D eigenvalue weighted by atomic mass is 19.2. The Hall–Kier alpha value is -2.57. The first kappa shape index (κ1) is 12.9. The van der Waals surface area contributed by atoms with Gasteiger partial charge in [-0.1, -0.05) is 6.07 Å². The van der Waals surface area contributed by atoms with Gasteiger partial charge in [0.15, 0.2) is 17.3 Å². The third-order valence-corrected chi connectivity index (χ3v) is 2.37. The van der Waals surface area contributed by atoms with Gasteiger partial charge in [0, 0.05) is 6.54 Å². The monoisotopic (exact) mass is 264 g/mol. The van der Waals surface area contributed by atoms with Crippen LogP contribution in [-0.4, -0.2) is 16.1 Å². The Balaban J connectivity index is 2.01. The molecule has 5 nitrogen and oxygen atoms in total. The van der Waals surface area contributed by atoms with Gasteiger partial charge in [0.25, 0.3) is 5.91 Å². The van der Waals surface area contributed by atoms with Crippen LogP contribution in [0.2, 0.25) is 0 Å². The molecule has 2 aromatic rings.